The number of hydrogen-bond acceptors (Lipinski definition) is 4. The average molecular weight is 349 g/mol. The second kappa shape index (κ2) is 5.82. The highest BCUT2D eigenvalue weighted by Crippen LogP contribution is 2.44. The molecule has 0 aliphatic carbocycles. The number of rotatable bonds is 2. The third-order valence-corrected chi connectivity index (χ3v) is 5.90. The highest BCUT2D eigenvalue weighted by Gasteiger charge is 2.38. The Morgan fingerprint density at radius 1 is 1.22 bits per heavy atom. The zero-order chi connectivity index (χ0) is 16.0. The Morgan fingerprint density at radius 3 is 2.61 bits per heavy atom. The van der Waals surface area contributed by atoms with Gasteiger partial charge in [0, 0.05) is 30.7 Å². The molecule has 1 fully saturated rings. The van der Waals surface area contributed by atoms with Crippen LogP contribution in [0.25, 0.3) is 0 Å². The van der Waals surface area contributed by atoms with Crippen LogP contribution in [0, 0.1) is 0 Å². The maximum atomic E-state index is 12.6. The van der Waals surface area contributed by atoms with Crippen molar-refractivity contribution in [2.75, 3.05) is 38.3 Å². The van der Waals surface area contributed by atoms with Gasteiger partial charge in [0.2, 0.25) is 0 Å². The summed E-state index contributed by atoms with van der Waals surface area (Å²) in [5.41, 5.74) is 2.20. The quantitative estimate of drug-likeness (QED) is 0.833. The number of morpholine rings is 1. The van der Waals surface area contributed by atoms with Gasteiger partial charge in [-0.25, -0.2) is 0 Å². The van der Waals surface area contributed by atoms with Gasteiger partial charge in [-0.2, -0.15) is 0 Å². The van der Waals surface area contributed by atoms with Crippen LogP contribution in [0.3, 0.4) is 0 Å². The summed E-state index contributed by atoms with van der Waals surface area (Å²) < 4.78 is 5.41. The first kappa shape index (κ1) is 15.0. The number of benzene rings is 1. The van der Waals surface area contributed by atoms with E-state index in [0.717, 1.165) is 42.3 Å². The third kappa shape index (κ3) is 2.53. The fourth-order valence-electron chi connectivity index (χ4n) is 3.24. The van der Waals surface area contributed by atoms with Gasteiger partial charge in [-0.1, -0.05) is 23.7 Å². The molecule has 0 saturated carbocycles. The highest BCUT2D eigenvalue weighted by molar-refractivity contribution is 7.18. The van der Waals surface area contributed by atoms with Crippen molar-refractivity contribution in [3.63, 3.8) is 0 Å². The third-order valence-electron chi connectivity index (χ3n) is 4.45. The molecule has 4 nitrogen and oxygen atoms in total. The van der Waals surface area contributed by atoms with Crippen LogP contribution in [-0.2, 0) is 4.74 Å². The molecule has 23 heavy (non-hydrogen) atoms. The van der Waals surface area contributed by atoms with Crippen LogP contribution in [0.5, 0.6) is 0 Å². The number of anilines is 1. The molecule has 1 unspecified atom stereocenters. The predicted molar refractivity (Wildman–Crippen MR) is 92.7 cm³/mol. The summed E-state index contributed by atoms with van der Waals surface area (Å²) in [4.78, 5) is 17.6. The first-order chi connectivity index (χ1) is 11.1. The Balaban J connectivity index is 1.72. The molecule has 2 aliphatic rings. The van der Waals surface area contributed by atoms with E-state index in [4.69, 9.17) is 16.3 Å². The van der Waals surface area contributed by atoms with Crippen molar-refractivity contribution in [1.82, 2.24) is 4.90 Å². The molecular weight excluding hydrogens is 332 g/mol. The first-order valence-corrected chi connectivity index (χ1v) is 8.83. The standard InChI is InChI=1S/C17H17ClN2O2S/c1-19-15(11-2-4-12(18)5-3-11)13-10-14(23-16(13)17(19)21)20-6-8-22-9-7-20/h2-5,10,15H,6-9H2,1H3. The molecule has 120 valence electrons. The first-order valence-electron chi connectivity index (χ1n) is 7.64. The number of thiophene rings is 1. The Morgan fingerprint density at radius 2 is 1.91 bits per heavy atom. The van der Waals surface area contributed by atoms with E-state index >= 15 is 0 Å². The zero-order valence-electron chi connectivity index (χ0n) is 12.8. The largest absolute Gasteiger partial charge is 0.378 e. The van der Waals surface area contributed by atoms with Gasteiger partial charge in [0.15, 0.2) is 0 Å². The van der Waals surface area contributed by atoms with Gasteiger partial charge in [0.1, 0.15) is 0 Å². The van der Waals surface area contributed by atoms with E-state index in [0.29, 0.717) is 5.02 Å². The Kier molecular flexibility index (Phi) is 3.79. The summed E-state index contributed by atoms with van der Waals surface area (Å²) in [6.45, 7) is 3.26. The van der Waals surface area contributed by atoms with Gasteiger partial charge in [-0.15, -0.1) is 11.3 Å². The van der Waals surface area contributed by atoms with E-state index in [1.54, 1.807) is 11.3 Å². The molecule has 0 N–H and O–H groups in total. The average Bonchev–Trinajstić information content (AvgIpc) is 3.10. The molecule has 6 heteroatoms. The van der Waals surface area contributed by atoms with Crippen LogP contribution < -0.4 is 4.90 Å². The summed E-state index contributed by atoms with van der Waals surface area (Å²) in [7, 11) is 1.86. The molecule has 0 spiro atoms. The molecule has 0 radical (unpaired) electrons. The minimum atomic E-state index is -0.0270. The van der Waals surface area contributed by atoms with Crippen LogP contribution >= 0.6 is 22.9 Å². The van der Waals surface area contributed by atoms with E-state index in [1.165, 1.54) is 5.00 Å². The summed E-state index contributed by atoms with van der Waals surface area (Å²) >= 11 is 7.59. The monoisotopic (exact) mass is 348 g/mol. The smallest absolute Gasteiger partial charge is 0.264 e. The van der Waals surface area contributed by atoms with Crippen molar-refractivity contribution in [1.29, 1.82) is 0 Å². The number of nitrogens with zero attached hydrogens (tertiary/aromatic N) is 2. The van der Waals surface area contributed by atoms with Gasteiger partial charge < -0.3 is 14.5 Å². The van der Waals surface area contributed by atoms with Crippen molar-refractivity contribution in [2.45, 2.75) is 6.04 Å². The molecule has 1 aromatic heterocycles. The number of halogens is 1. The van der Waals surface area contributed by atoms with Crippen molar-refractivity contribution < 1.29 is 9.53 Å². The lowest BCUT2D eigenvalue weighted by molar-refractivity contribution is 0.0796. The van der Waals surface area contributed by atoms with Gasteiger partial charge >= 0.3 is 0 Å². The number of ether oxygens (including phenoxy) is 1. The minimum Gasteiger partial charge on any atom is -0.378 e. The van der Waals surface area contributed by atoms with E-state index in [1.807, 2.05) is 36.2 Å². The Labute approximate surface area is 144 Å². The topological polar surface area (TPSA) is 32.8 Å². The van der Waals surface area contributed by atoms with E-state index in [-0.39, 0.29) is 11.9 Å². The second-order valence-corrected chi connectivity index (χ2v) is 7.31. The van der Waals surface area contributed by atoms with Crippen molar-refractivity contribution in [2.24, 2.45) is 0 Å². The van der Waals surface area contributed by atoms with Crippen molar-refractivity contribution in [3.05, 3.63) is 51.4 Å². The number of carbonyl (C=O) groups excluding carboxylic acids is 1. The zero-order valence-corrected chi connectivity index (χ0v) is 14.4. The molecular formula is C17H17ClN2O2S. The summed E-state index contributed by atoms with van der Waals surface area (Å²) in [6, 6.07) is 9.90. The van der Waals surface area contributed by atoms with E-state index in [9.17, 15) is 4.79 Å². The molecule has 3 heterocycles. The summed E-state index contributed by atoms with van der Waals surface area (Å²) in [5, 5.41) is 1.87. The van der Waals surface area contributed by atoms with Crippen molar-refractivity contribution in [3.8, 4) is 0 Å². The maximum absolute atomic E-state index is 12.6. The number of carbonyl (C=O) groups is 1. The lowest BCUT2D eigenvalue weighted by Gasteiger charge is -2.28. The SMILES string of the molecule is CN1C(=O)c2sc(N3CCOCC3)cc2C1c1ccc(Cl)cc1. The van der Waals surface area contributed by atoms with Crippen LogP contribution in [0.1, 0.15) is 26.8 Å². The number of fused-ring (bicyclic) bond motifs is 1. The van der Waals surface area contributed by atoms with Gasteiger partial charge in [0.05, 0.1) is 29.1 Å². The van der Waals surface area contributed by atoms with Crippen molar-refractivity contribution >= 4 is 33.8 Å². The molecule has 1 saturated heterocycles. The fraction of sp³-hybridized carbons (Fsp3) is 0.353. The van der Waals surface area contributed by atoms with Crippen LogP contribution in [0.15, 0.2) is 30.3 Å². The maximum Gasteiger partial charge on any atom is 0.264 e. The Bertz CT molecular complexity index is 738. The van der Waals surface area contributed by atoms with E-state index < -0.39 is 0 Å². The predicted octanol–water partition coefficient (Wildman–Crippen LogP) is 3.41. The highest BCUT2D eigenvalue weighted by atomic mass is 35.5. The van der Waals surface area contributed by atoms with Gasteiger partial charge in [-0.05, 0) is 23.8 Å². The molecule has 4 rings (SSSR count). The van der Waals surface area contributed by atoms with Gasteiger partial charge in [0.25, 0.3) is 5.91 Å². The fourth-order valence-corrected chi connectivity index (χ4v) is 4.59. The van der Waals surface area contributed by atoms with E-state index in [2.05, 4.69) is 11.0 Å². The number of hydrogen-bond donors (Lipinski definition) is 0. The summed E-state index contributed by atoms with van der Waals surface area (Å²) in [6.07, 6.45) is 0. The molecule has 1 atom stereocenters. The minimum absolute atomic E-state index is 0.0270. The lowest BCUT2D eigenvalue weighted by atomic mass is 10.0. The molecule has 0 bridgehead atoms. The van der Waals surface area contributed by atoms with Gasteiger partial charge in [-0.3, -0.25) is 4.79 Å². The van der Waals surface area contributed by atoms with Crippen LogP contribution in [-0.4, -0.2) is 44.2 Å². The molecule has 1 aromatic carbocycles. The normalized spacial score (nSPS) is 21.0. The number of amides is 1. The van der Waals surface area contributed by atoms with Crippen LogP contribution in [0.4, 0.5) is 5.00 Å². The molecule has 1 amide bonds. The Hall–Kier alpha value is -1.56. The summed E-state index contributed by atoms with van der Waals surface area (Å²) in [5.74, 6) is 0.101. The van der Waals surface area contributed by atoms with Crippen LogP contribution in [0.2, 0.25) is 5.02 Å². The second-order valence-electron chi connectivity index (χ2n) is 5.84. The molecule has 2 aromatic rings. The molecule has 2 aliphatic heterocycles. The lowest BCUT2D eigenvalue weighted by Crippen LogP contribution is -2.35.